The van der Waals surface area contributed by atoms with E-state index in [2.05, 4.69) is 4.98 Å². The summed E-state index contributed by atoms with van der Waals surface area (Å²) in [6, 6.07) is 13.6. The summed E-state index contributed by atoms with van der Waals surface area (Å²) in [7, 11) is 0. The molecule has 2 heterocycles. The van der Waals surface area contributed by atoms with Crippen LogP contribution in [0.15, 0.2) is 48.7 Å². The Balaban J connectivity index is 1.73. The summed E-state index contributed by atoms with van der Waals surface area (Å²) in [5.74, 6) is 0.126. The third-order valence-corrected chi connectivity index (χ3v) is 4.29. The highest BCUT2D eigenvalue weighted by Crippen LogP contribution is 2.55. The molecule has 100 valence electrons. The van der Waals surface area contributed by atoms with Crippen LogP contribution in [0.2, 0.25) is 0 Å². The second-order valence-electron chi connectivity index (χ2n) is 5.48. The topological polar surface area (TPSA) is 42.5 Å². The van der Waals surface area contributed by atoms with Crippen molar-refractivity contribution in [3.05, 3.63) is 65.5 Å². The molecule has 0 radical (unpaired) electrons. The van der Waals surface area contributed by atoms with Crippen LogP contribution in [0.3, 0.4) is 0 Å². The van der Waals surface area contributed by atoms with Crippen molar-refractivity contribution in [2.45, 2.75) is 31.0 Å². The van der Waals surface area contributed by atoms with Crippen LogP contribution in [0.4, 0.5) is 0 Å². The van der Waals surface area contributed by atoms with E-state index in [1.54, 1.807) is 6.20 Å². The van der Waals surface area contributed by atoms with Crippen LogP contribution < -0.4 is 0 Å². The summed E-state index contributed by atoms with van der Waals surface area (Å²) < 4.78 is 5.87. The van der Waals surface area contributed by atoms with Gasteiger partial charge in [0.15, 0.2) is 11.4 Å². The van der Waals surface area contributed by atoms with Crippen LogP contribution in [0.5, 0.6) is 0 Å². The van der Waals surface area contributed by atoms with E-state index in [4.69, 9.17) is 4.74 Å². The Morgan fingerprint density at radius 3 is 2.85 bits per heavy atom. The SMILES string of the molecule is O=C1c2ccccc2CCCC12OC2c1ccccn1. The smallest absolute Gasteiger partial charge is 0.198 e. The van der Waals surface area contributed by atoms with Gasteiger partial charge in [0.2, 0.25) is 0 Å². The first-order valence-electron chi connectivity index (χ1n) is 7.03. The summed E-state index contributed by atoms with van der Waals surface area (Å²) in [4.78, 5) is 17.2. The molecule has 0 bridgehead atoms. The van der Waals surface area contributed by atoms with Crippen molar-refractivity contribution < 1.29 is 9.53 Å². The number of benzene rings is 1. The van der Waals surface area contributed by atoms with Crippen LogP contribution in [0, 0.1) is 0 Å². The lowest BCUT2D eigenvalue weighted by molar-refractivity contribution is 0.0867. The first-order valence-corrected chi connectivity index (χ1v) is 7.03. The minimum Gasteiger partial charge on any atom is -0.351 e. The molecule has 3 nitrogen and oxygen atoms in total. The number of aromatic nitrogens is 1. The third kappa shape index (κ3) is 1.63. The number of nitrogens with zero attached hydrogens (tertiary/aromatic N) is 1. The first kappa shape index (κ1) is 11.8. The Bertz CT molecular complexity index is 668. The molecule has 1 spiro atoms. The molecule has 0 amide bonds. The zero-order chi connectivity index (χ0) is 13.6. The summed E-state index contributed by atoms with van der Waals surface area (Å²) in [5.41, 5.74) is 2.16. The molecule has 1 fully saturated rings. The van der Waals surface area contributed by atoms with E-state index in [0.717, 1.165) is 36.1 Å². The molecule has 0 saturated carbocycles. The van der Waals surface area contributed by atoms with E-state index < -0.39 is 5.60 Å². The highest BCUT2D eigenvalue weighted by atomic mass is 16.6. The molecule has 1 aliphatic carbocycles. The highest BCUT2D eigenvalue weighted by molar-refractivity contribution is 6.06. The average molecular weight is 265 g/mol. The minimum absolute atomic E-state index is 0.126. The van der Waals surface area contributed by atoms with Crippen molar-refractivity contribution in [3.8, 4) is 0 Å². The van der Waals surface area contributed by atoms with Crippen molar-refractivity contribution in [1.82, 2.24) is 4.98 Å². The van der Waals surface area contributed by atoms with Crippen molar-refractivity contribution in [3.63, 3.8) is 0 Å². The molecule has 0 N–H and O–H groups in total. The molecule has 2 unspecified atom stereocenters. The fourth-order valence-electron chi connectivity index (χ4n) is 3.21. The summed E-state index contributed by atoms with van der Waals surface area (Å²) >= 11 is 0. The number of hydrogen-bond donors (Lipinski definition) is 0. The van der Waals surface area contributed by atoms with E-state index in [-0.39, 0.29) is 11.9 Å². The van der Waals surface area contributed by atoms with Gasteiger partial charge in [-0.25, -0.2) is 0 Å². The molecule has 1 saturated heterocycles. The molecular formula is C17H15NO2. The van der Waals surface area contributed by atoms with Gasteiger partial charge < -0.3 is 4.74 Å². The highest BCUT2D eigenvalue weighted by Gasteiger charge is 2.63. The van der Waals surface area contributed by atoms with Gasteiger partial charge in [-0.1, -0.05) is 30.3 Å². The zero-order valence-electron chi connectivity index (χ0n) is 11.1. The summed E-state index contributed by atoms with van der Waals surface area (Å²) in [6.45, 7) is 0. The maximum atomic E-state index is 12.9. The molecule has 2 aliphatic rings. The number of pyridine rings is 1. The van der Waals surface area contributed by atoms with Gasteiger partial charge in [-0.05, 0) is 37.0 Å². The van der Waals surface area contributed by atoms with Gasteiger partial charge in [0.05, 0.1) is 5.69 Å². The van der Waals surface area contributed by atoms with E-state index in [1.807, 2.05) is 42.5 Å². The van der Waals surface area contributed by atoms with Gasteiger partial charge in [0.25, 0.3) is 0 Å². The van der Waals surface area contributed by atoms with E-state index in [9.17, 15) is 4.79 Å². The van der Waals surface area contributed by atoms with Crippen LogP contribution >= 0.6 is 0 Å². The van der Waals surface area contributed by atoms with Crippen molar-refractivity contribution in [2.24, 2.45) is 0 Å². The Morgan fingerprint density at radius 2 is 2.00 bits per heavy atom. The third-order valence-electron chi connectivity index (χ3n) is 4.29. The van der Waals surface area contributed by atoms with Crippen LogP contribution in [0.25, 0.3) is 0 Å². The number of hydrogen-bond acceptors (Lipinski definition) is 3. The molecule has 3 heteroatoms. The number of epoxide rings is 1. The maximum absolute atomic E-state index is 12.9. The second kappa shape index (κ2) is 4.25. The lowest BCUT2D eigenvalue weighted by atomic mass is 9.90. The Labute approximate surface area is 117 Å². The van der Waals surface area contributed by atoms with Gasteiger partial charge in [-0.2, -0.15) is 0 Å². The Kier molecular flexibility index (Phi) is 2.51. The molecule has 2 atom stereocenters. The molecular weight excluding hydrogens is 250 g/mol. The van der Waals surface area contributed by atoms with Crippen LogP contribution in [-0.2, 0) is 11.2 Å². The number of Topliss-reactive ketones (excluding diaryl/α,β-unsaturated/α-hetero) is 1. The predicted octanol–water partition coefficient (Wildman–Crippen LogP) is 3.11. The number of fused-ring (bicyclic) bond motifs is 1. The second-order valence-corrected chi connectivity index (χ2v) is 5.48. The summed E-state index contributed by atoms with van der Waals surface area (Å²) in [5, 5.41) is 0. The molecule has 1 aliphatic heterocycles. The monoisotopic (exact) mass is 265 g/mol. The van der Waals surface area contributed by atoms with Gasteiger partial charge in [-0.3, -0.25) is 9.78 Å². The predicted molar refractivity (Wildman–Crippen MR) is 74.5 cm³/mol. The zero-order valence-corrected chi connectivity index (χ0v) is 11.1. The number of rotatable bonds is 1. The number of ketones is 1. The number of carbonyl (C=O) groups excluding carboxylic acids is 1. The normalized spacial score (nSPS) is 28.0. The lowest BCUT2D eigenvalue weighted by Gasteiger charge is -2.09. The van der Waals surface area contributed by atoms with E-state index in [1.165, 1.54) is 0 Å². The fourth-order valence-corrected chi connectivity index (χ4v) is 3.21. The van der Waals surface area contributed by atoms with Crippen LogP contribution in [-0.4, -0.2) is 16.4 Å². The number of ether oxygens (including phenoxy) is 1. The van der Waals surface area contributed by atoms with Crippen molar-refractivity contribution in [1.29, 1.82) is 0 Å². The molecule has 20 heavy (non-hydrogen) atoms. The van der Waals surface area contributed by atoms with Gasteiger partial charge in [0, 0.05) is 11.8 Å². The lowest BCUT2D eigenvalue weighted by Crippen LogP contribution is -2.25. The minimum atomic E-state index is -0.666. The molecule has 2 aromatic rings. The fraction of sp³-hybridized carbons (Fsp3) is 0.294. The van der Waals surface area contributed by atoms with Gasteiger partial charge in [0.1, 0.15) is 6.10 Å². The van der Waals surface area contributed by atoms with E-state index >= 15 is 0 Å². The first-order chi connectivity index (χ1) is 9.81. The number of carbonyl (C=O) groups is 1. The number of aryl methyl sites for hydroxylation is 1. The summed E-state index contributed by atoms with van der Waals surface area (Å²) in [6.07, 6.45) is 4.28. The van der Waals surface area contributed by atoms with Crippen molar-refractivity contribution >= 4 is 5.78 Å². The largest absolute Gasteiger partial charge is 0.351 e. The van der Waals surface area contributed by atoms with E-state index in [0.29, 0.717) is 0 Å². The molecule has 1 aromatic heterocycles. The van der Waals surface area contributed by atoms with Crippen LogP contribution in [0.1, 0.15) is 40.6 Å². The average Bonchev–Trinajstić information content (AvgIpc) is 3.25. The molecule has 1 aromatic carbocycles. The molecule has 4 rings (SSSR count). The maximum Gasteiger partial charge on any atom is 0.198 e. The Morgan fingerprint density at radius 1 is 1.15 bits per heavy atom. The van der Waals surface area contributed by atoms with Gasteiger partial charge >= 0.3 is 0 Å². The standard InChI is InChI=1S/C17H15NO2/c19-15-13-8-2-1-6-12(13)7-5-10-17(15)16(20-17)14-9-3-4-11-18-14/h1-4,6,8-9,11,16H,5,7,10H2. The Hall–Kier alpha value is -2.00. The van der Waals surface area contributed by atoms with Crippen molar-refractivity contribution in [2.75, 3.05) is 0 Å². The quantitative estimate of drug-likeness (QED) is 0.744. The van der Waals surface area contributed by atoms with Gasteiger partial charge in [-0.15, -0.1) is 0 Å².